The minimum atomic E-state index is -4.49. The number of rotatable bonds is 5. The van der Waals surface area contributed by atoms with Crippen LogP contribution in [-0.2, 0) is 6.54 Å². The van der Waals surface area contributed by atoms with Crippen molar-refractivity contribution < 1.29 is 27.1 Å². The number of halogens is 4. The average Bonchev–Trinajstić information content (AvgIpc) is 2.50. The van der Waals surface area contributed by atoms with E-state index in [0.717, 1.165) is 12.3 Å². The molecule has 1 N–H and O–H groups in total. The van der Waals surface area contributed by atoms with Gasteiger partial charge in [-0.25, -0.2) is 9.97 Å². The highest BCUT2D eigenvalue weighted by Gasteiger charge is 2.29. The normalized spacial score (nSPS) is 11.1. The van der Waals surface area contributed by atoms with Gasteiger partial charge in [0.05, 0.1) is 0 Å². The van der Waals surface area contributed by atoms with E-state index in [4.69, 9.17) is 0 Å². The largest absolute Gasteiger partial charge is 0.468 e. The molecular weight excluding hydrogens is 318 g/mol. The van der Waals surface area contributed by atoms with Crippen molar-refractivity contribution in [2.75, 3.05) is 6.61 Å². The van der Waals surface area contributed by atoms with E-state index in [1.807, 2.05) is 0 Å². The molecule has 0 aromatic carbocycles. The first-order chi connectivity index (χ1) is 10.8. The molecule has 2 aromatic rings. The lowest BCUT2D eigenvalue weighted by Crippen LogP contribution is -2.24. The molecule has 122 valence electrons. The topological polar surface area (TPSA) is 64.1 Å². The lowest BCUT2D eigenvalue weighted by atomic mass is 10.2. The molecule has 0 atom stereocenters. The SMILES string of the molecule is O=C(NCc1cccnc1OCC(F)(F)F)c1ccnc(F)c1. The summed E-state index contributed by atoms with van der Waals surface area (Å²) in [6.07, 6.45) is -2.09. The number of amides is 1. The highest BCUT2D eigenvalue weighted by atomic mass is 19.4. The fourth-order valence-corrected chi connectivity index (χ4v) is 1.66. The van der Waals surface area contributed by atoms with E-state index in [0.29, 0.717) is 0 Å². The molecule has 0 unspecified atom stereocenters. The Morgan fingerprint density at radius 2 is 2.00 bits per heavy atom. The van der Waals surface area contributed by atoms with E-state index in [-0.39, 0.29) is 23.6 Å². The molecule has 5 nitrogen and oxygen atoms in total. The Morgan fingerprint density at radius 1 is 1.22 bits per heavy atom. The van der Waals surface area contributed by atoms with Gasteiger partial charge < -0.3 is 10.1 Å². The van der Waals surface area contributed by atoms with E-state index in [2.05, 4.69) is 20.0 Å². The van der Waals surface area contributed by atoms with Gasteiger partial charge in [-0.3, -0.25) is 4.79 Å². The second kappa shape index (κ2) is 7.03. The first-order valence-corrected chi connectivity index (χ1v) is 6.38. The van der Waals surface area contributed by atoms with Crippen LogP contribution in [0, 0.1) is 5.95 Å². The Labute approximate surface area is 128 Å². The summed E-state index contributed by atoms with van der Waals surface area (Å²) in [5, 5.41) is 2.45. The maximum absolute atomic E-state index is 12.9. The van der Waals surface area contributed by atoms with Crippen LogP contribution >= 0.6 is 0 Å². The molecule has 0 radical (unpaired) electrons. The number of alkyl halides is 3. The molecule has 0 aliphatic carbocycles. The zero-order valence-corrected chi connectivity index (χ0v) is 11.6. The maximum atomic E-state index is 12.9. The molecular formula is C14H11F4N3O2. The lowest BCUT2D eigenvalue weighted by molar-refractivity contribution is -0.154. The molecule has 0 fully saturated rings. The second-order valence-corrected chi connectivity index (χ2v) is 4.42. The standard InChI is InChI=1S/C14H11F4N3O2/c15-11-6-9(3-5-19-11)12(22)21-7-10-2-1-4-20-13(10)23-8-14(16,17)18/h1-6H,7-8H2,(H,21,22). The van der Waals surface area contributed by atoms with Crippen molar-refractivity contribution in [1.29, 1.82) is 0 Å². The van der Waals surface area contributed by atoms with Gasteiger partial charge in [0.1, 0.15) is 0 Å². The van der Waals surface area contributed by atoms with Crippen molar-refractivity contribution in [3.63, 3.8) is 0 Å². The summed E-state index contributed by atoms with van der Waals surface area (Å²) in [7, 11) is 0. The maximum Gasteiger partial charge on any atom is 0.422 e. The summed E-state index contributed by atoms with van der Waals surface area (Å²) in [5.74, 6) is -1.64. The Morgan fingerprint density at radius 3 is 2.70 bits per heavy atom. The van der Waals surface area contributed by atoms with E-state index in [9.17, 15) is 22.4 Å². The van der Waals surface area contributed by atoms with Gasteiger partial charge in [0.15, 0.2) is 6.61 Å². The van der Waals surface area contributed by atoms with Crippen LogP contribution in [0.5, 0.6) is 5.88 Å². The smallest absolute Gasteiger partial charge is 0.422 e. The number of carbonyl (C=O) groups is 1. The molecule has 1 amide bonds. The van der Waals surface area contributed by atoms with Gasteiger partial charge >= 0.3 is 6.18 Å². The second-order valence-electron chi connectivity index (χ2n) is 4.42. The number of nitrogens with one attached hydrogen (secondary N) is 1. The van der Waals surface area contributed by atoms with E-state index >= 15 is 0 Å². The quantitative estimate of drug-likeness (QED) is 0.676. The summed E-state index contributed by atoms with van der Waals surface area (Å²) in [5.41, 5.74) is 0.304. The summed E-state index contributed by atoms with van der Waals surface area (Å²) >= 11 is 0. The highest BCUT2D eigenvalue weighted by Crippen LogP contribution is 2.19. The fourth-order valence-electron chi connectivity index (χ4n) is 1.66. The van der Waals surface area contributed by atoms with E-state index in [1.165, 1.54) is 24.4 Å². The van der Waals surface area contributed by atoms with E-state index < -0.39 is 24.6 Å². The molecule has 2 rings (SSSR count). The van der Waals surface area contributed by atoms with E-state index in [1.54, 1.807) is 0 Å². The van der Waals surface area contributed by atoms with Crippen LogP contribution in [0.15, 0.2) is 36.7 Å². The number of hydrogen-bond donors (Lipinski definition) is 1. The van der Waals surface area contributed by atoms with Crippen molar-refractivity contribution in [1.82, 2.24) is 15.3 Å². The Hall–Kier alpha value is -2.71. The monoisotopic (exact) mass is 329 g/mol. The first kappa shape index (κ1) is 16.7. The molecule has 0 aliphatic rings. The third kappa shape index (κ3) is 5.20. The van der Waals surface area contributed by atoms with Crippen molar-refractivity contribution in [3.05, 3.63) is 53.7 Å². The van der Waals surface area contributed by atoms with Gasteiger partial charge in [0, 0.05) is 36.1 Å². The first-order valence-electron chi connectivity index (χ1n) is 6.38. The molecule has 2 aromatic heterocycles. The van der Waals surface area contributed by atoms with Gasteiger partial charge in [0.2, 0.25) is 11.8 Å². The van der Waals surface area contributed by atoms with Crippen LogP contribution in [0.3, 0.4) is 0 Å². The van der Waals surface area contributed by atoms with Crippen LogP contribution in [0.25, 0.3) is 0 Å². The van der Waals surface area contributed by atoms with Crippen LogP contribution in [0.4, 0.5) is 17.6 Å². The molecule has 0 saturated carbocycles. The molecule has 9 heteroatoms. The predicted octanol–water partition coefficient (Wildman–Crippen LogP) is 2.49. The van der Waals surface area contributed by atoms with Gasteiger partial charge in [-0.2, -0.15) is 17.6 Å². The van der Waals surface area contributed by atoms with Gasteiger partial charge in [-0.05, 0) is 12.1 Å². The van der Waals surface area contributed by atoms with Crippen LogP contribution in [0.1, 0.15) is 15.9 Å². The lowest BCUT2D eigenvalue weighted by Gasteiger charge is -2.12. The zero-order valence-electron chi connectivity index (χ0n) is 11.6. The molecule has 0 spiro atoms. The molecule has 0 bridgehead atoms. The summed E-state index contributed by atoms with van der Waals surface area (Å²) in [6.45, 7) is -1.61. The van der Waals surface area contributed by atoms with Gasteiger partial charge in [0.25, 0.3) is 5.91 Å². The van der Waals surface area contributed by atoms with Crippen LogP contribution in [-0.4, -0.2) is 28.7 Å². The third-order valence-corrected chi connectivity index (χ3v) is 2.65. The Kier molecular flexibility index (Phi) is 5.09. The third-order valence-electron chi connectivity index (χ3n) is 2.65. The molecule has 0 aliphatic heterocycles. The Bertz CT molecular complexity index is 692. The number of carbonyl (C=O) groups excluding carboxylic acids is 1. The fraction of sp³-hybridized carbons (Fsp3) is 0.214. The molecule has 2 heterocycles. The minimum Gasteiger partial charge on any atom is -0.468 e. The van der Waals surface area contributed by atoms with Crippen LogP contribution < -0.4 is 10.1 Å². The summed E-state index contributed by atoms with van der Waals surface area (Å²) in [4.78, 5) is 18.9. The zero-order chi connectivity index (χ0) is 16.9. The highest BCUT2D eigenvalue weighted by molar-refractivity contribution is 5.93. The van der Waals surface area contributed by atoms with Gasteiger partial charge in [-0.1, -0.05) is 6.07 Å². The Balaban J connectivity index is 2.01. The predicted molar refractivity (Wildman–Crippen MR) is 71.2 cm³/mol. The van der Waals surface area contributed by atoms with Crippen molar-refractivity contribution in [2.24, 2.45) is 0 Å². The van der Waals surface area contributed by atoms with Gasteiger partial charge in [-0.15, -0.1) is 0 Å². The number of ether oxygens (including phenoxy) is 1. The summed E-state index contributed by atoms with van der Waals surface area (Å²) in [6, 6.07) is 5.21. The number of aromatic nitrogens is 2. The van der Waals surface area contributed by atoms with Crippen molar-refractivity contribution in [3.8, 4) is 5.88 Å². The average molecular weight is 329 g/mol. The number of pyridine rings is 2. The summed E-state index contributed by atoms with van der Waals surface area (Å²) < 4.78 is 54.1. The molecule has 23 heavy (non-hydrogen) atoms. The van der Waals surface area contributed by atoms with Crippen molar-refractivity contribution >= 4 is 5.91 Å². The number of nitrogens with zero attached hydrogens (tertiary/aromatic N) is 2. The number of hydrogen-bond acceptors (Lipinski definition) is 4. The molecule has 0 saturated heterocycles. The minimum absolute atomic E-state index is 0.0409. The van der Waals surface area contributed by atoms with Crippen LogP contribution in [0.2, 0.25) is 0 Å². The van der Waals surface area contributed by atoms with Crippen molar-refractivity contribution in [2.45, 2.75) is 12.7 Å².